The fraction of sp³-hybridized carbons (Fsp3) is 0.235. The van der Waals surface area contributed by atoms with E-state index in [0.717, 1.165) is 4.90 Å². The number of rotatable bonds is 7. The summed E-state index contributed by atoms with van der Waals surface area (Å²) in [5.41, 5.74) is 0.592. The number of likely N-dealkylation sites (N-methyl/N-ethyl adjacent to an activating group) is 1. The first-order valence-electron chi connectivity index (χ1n) is 7.29. The molecule has 2 aromatic carbocycles. The number of nitrogens with one attached hydrogen (secondary N) is 2. The Kier molecular flexibility index (Phi) is 6.38. The smallest absolute Gasteiger partial charge is 0.279 e. The number of halogens is 2. The van der Waals surface area contributed by atoms with E-state index in [4.69, 9.17) is 16.3 Å². The number of quaternary nitrogens is 1. The maximum absolute atomic E-state index is 13.4. The van der Waals surface area contributed by atoms with Crippen LogP contribution in [0.25, 0.3) is 0 Å². The number of ether oxygens (including phenoxy) is 1. The van der Waals surface area contributed by atoms with Gasteiger partial charge < -0.3 is 15.0 Å². The van der Waals surface area contributed by atoms with E-state index in [-0.39, 0.29) is 24.0 Å². The van der Waals surface area contributed by atoms with Crippen LogP contribution in [0.15, 0.2) is 48.5 Å². The molecule has 122 valence electrons. The second-order valence-electron chi connectivity index (χ2n) is 5.19. The van der Waals surface area contributed by atoms with Crippen LogP contribution in [0.1, 0.15) is 0 Å². The highest BCUT2D eigenvalue weighted by Crippen LogP contribution is 2.19. The molecule has 2 aromatic rings. The minimum absolute atomic E-state index is 0.138. The van der Waals surface area contributed by atoms with E-state index in [0.29, 0.717) is 23.9 Å². The third-order valence-corrected chi connectivity index (χ3v) is 3.56. The zero-order valence-electron chi connectivity index (χ0n) is 12.8. The molecule has 0 bridgehead atoms. The molecule has 0 heterocycles. The van der Waals surface area contributed by atoms with Crippen LogP contribution in [0, 0.1) is 5.82 Å². The molecule has 2 rings (SSSR count). The van der Waals surface area contributed by atoms with Gasteiger partial charge in [-0.15, -0.1) is 0 Å². The molecule has 0 fully saturated rings. The maximum Gasteiger partial charge on any atom is 0.279 e. The fourth-order valence-electron chi connectivity index (χ4n) is 2.02. The van der Waals surface area contributed by atoms with Gasteiger partial charge in [-0.1, -0.05) is 35.9 Å². The second-order valence-corrected chi connectivity index (χ2v) is 5.60. The number of para-hydroxylation sites is 2. The van der Waals surface area contributed by atoms with Crippen molar-refractivity contribution in [3.63, 3.8) is 0 Å². The molecule has 6 heteroatoms. The average molecular weight is 338 g/mol. The lowest BCUT2D eigenvalue weighted by Crippen LogP contribution is -3.10. The lowest BCUT2D eigenvalue weighted by atomic mass is 10.3. The first kappa shape index (κ1) is 17.2. The van der Waals surface area contributed by atoms with Crippen molar-refractivity contribution in [3.05, 3.63) is 59.4 Å². The van der Waals surface area contributed by atoms with Crippen LogP contribution in [-0.2, 0) is 4.79 Å². The minimum atomic E-state index is -0.387. The third kappa shape index (κ3) is 5.54. The Labute approximate surface area is 139 Å². The summed E-state index contributed by atoms with van der Waals surface area (Å²) in [6.07, 6.45) is 0. The molecule has 1 amide bonds. The number of hydrogen-bond donors (Lipinski definition) is 2. The molecule has 0 spiro atoms. The lowest BCUT2D eigenvalue weighted by molar-refractivity contribution is -0.871. The quantitative estimate of drug-likeness (QED) is 0.811. The standard InChI is InChI=1S/C17H18ClFN2O2/c1-21(10-11-23-16-9-5-3-7-14(16)19)12-17(22)20-15-8-4-2-6-13(15)18/h2-9H,10-12H2,1H3,(H,20,22)/p+1. The zero-order chi connectivity index (χ0) is 16.7. The van der Waals surface area contributed by atoms with E-state index in [9.17, 15) is 9.18 Å². The lowest BCUT2D eigenvalue weighted by Gasteiger charge is -2.15. The molecule has 0 saturated heterocycles. The largest absolute Gasteiger partial charge is 0.485 e. The Hall–Kier alpha value is -2.11. The molecule has 1 atom stereocenters. The van der Waals surface area contributed by atoms with Crippen LogP contribution in [0.3, 0.4) is 0 Å². The van der Waals surface area contributed by atoms with Crippen LogP contribution in [-0.4, -0.2) is 32.7 Å². The van der Waals surface area contributed by atoms with Crippen LogP contribution in [0.2, 0.25) is 5.02 Å². The Balaban J connectivity index is 1.74. The molecule has 1 unspecified atom stereocenters. The number of carbonyl (C=O) groups is 1. The molecule has 0 aliphatic heterocycles. The van der Waals surface area contributed by atoms with Gasteiger partial charge in [0, 0.05) is 0 Å². The van der Waals surface area contributed by atoms with Crippen LogP contribution < -0.4 is 15.0 Å². The highest BCUT2D eigenvalue weighted by molar-refractivity contribution is 6.33. The average Bonchev–Trinajstić information content (AvgIpc) is 2.51. The van der Waals surface area contributed by atoms with Gasteiger partial charge >= 0.3 is 0 Å². The maximum atomic E-state index is 13.4. The summed E-state index contributed by atoms with van der Waals surface area (Å²) in [4.78, 5) is 12.9. The van der Waals surface area contributed by atoms with Gasteiger partial charge in [0.1, 0.15) is 13.2 Å². The van der Waals surface area contributed by atoms with Gasteiger partial charge in [-0.3, -0.25) is 4.79 Å². The molecule has 0 aromatic heterocycles. The highest BCUT2D eigenvalue weighted by atomic mass is 35.5. The molecule has 0 saturated carbocycles. The van der Waals surface area contributed by atoms with Crippen LogP contribution in [0.4, 0.5) is 10.1 Å². The van der Waals surface area contributed by atoms with Gasteiger partial charge in [-0.25, -0.2) is 4.39 Å². The first-order chi connectivity index (χ1) is 11.1. The molecule has 4 nitrogen and oxygen atoms in total. The van der Waals surface area contributed by atoms with E-state index >= 15 is 0 Å². The van der Waals surface area contributed by atoms with Gasteiger partial charge in [-0.05, 0) is 24.3 Å². The van der Waals surface area contributed by atoms with Crippen LogP contribution in [0.5, 0.6) is 5.75 Å². The van der Waals surface area contributed by atoms with Crippen molar-refractivity contribution < 1.29 is 18.8 Å². The monoisotopic (exact) mass is 337 g/mol. The van der Waals surface area contributed by atoms with Gasteiger partial charge in [0.25, 0.3) is 5.91 Å². The SMILES string of the molecule is C[NH+](CCOc1ccccc1F)CC(=O)Nc1ccccc1Cl. The van der Waals surface area contributed by atoms with E-state index in [1.807, 2.05) is 7.05 Å². The molecule has 2 N–H and O–H groups in total. The summed E-state index contributed by atoms with van der Waals surface area (Å²) in [5, 5.41) is 3.27. The second kappa shape index (κ2) is 8.50. The number of anilines is 1. The molecule has 0 radical (unpaired) electrons. The normalized spacial score (nSPS) is 11.8. The number of carbonyl (C=O) groups excluding carboxylic acids is 1. The van der Waals surface area contributed by atoms with Gasteiger partial charge in [0.2, 0.25) is 0 Å². The predicted molar refractivity (Wildman–Crippen MR) is 88.6 cm³/mol. The molecule has 0 aliphatic carbocycles. The number of amides is 1. The first-order valence-corrected chi connectivity index (χ1v) is 7.67. The van der Waals surface area contributed by atoms with Crippen LogP contribution >= 0.6 is 11.6 Å². The zero-order valence-corrected chi connectivity index (χ0v) is 13.6. The highest BCUT2D eigenvalue weighted by Gasteiger charge is 2.12. The van der Waals surface area contributed by atoms with E-state index in [1.165, 1.54) is 6.07 Å². The Morgan fingerprint density at radius 3 is 2.65 bits per heavy atom. The summed E-state index contributed by atoms with van der Waals surface area (Å²) in [6.45, 7) is 1.17. The van der Waals surface area contributed by atoms with Crippen molar-refractivity contribution in [2.24, 2.45) is 0 Å². The van der Waals surface area contributed by atoms with Crippen molar-refractivity contribution in [1.82, 2.24) is 0 Å². The summed E-state index contributed by atoms with van der Waals surface area (Å²) in [7, 11) is 1.87. The Morgan fingerprint density at radius 1 is 1.22 bits per heavy atom. The summed E-state index contributed by atoms with van der Waals surface area (Å²) in [5.74, 6) is -0.302. The Morgan fingerprint density at radius 2 is 1.91 bits per heavy atom. The van der Waals surface area contributed by atoms with Crippen molar-refractivity contribution in [3.8, 4) is 5.75 Å². The summed E-state index contributed by atoms with van der Waals surface area (Å²) >= 11 is 5.99. The minimum Gasteiger partial charge on any atom is -0.485 e. The van der Waals surface area contributed by atoms with Crippen molar-refractivity contribution in [2.45, 2.75) is 0 Å². The summed E-state index contributed by atoms with van der Waals surface area (Å²) < 4.78 is 18.8. The topological polar surface area (TPSA) is 42.8 Å². The van der Waals surface area contributed by atoms with E-state index in [2.05, 4.69) is 5.32 Å². The van der Waals surface area contributed by atoms with Gasteiger partial charge in [0.05, 0.1) is 17.8 Å². The molecular weight excluding hydrogens is 319 g/mol. The molecular formula is C17H19ClFN2O2+. The van der Waals surface area contributed by atoms with Crippen molar-refractivity contribution in [2.75, 3.05) is 32.1 Å². The Bertz CT molecular complexity index is 667. The summed E-state index contributed by atoms with van der Waals surface area (Å²) in [6, 6.07) is 13.3. The third-order valence-electron chi connectivity index (χ3n) is 3.23. The molecule has 23 heavy (non-hydrogen) atoms. The number of benzene rings is 2. The van der Waals surface area contributed by atoms with E-state index in [1.54, 1.807) is 42.5 Å². The number of hydrogen-bond acceptors (Lipinski definition) is 2. The van der Waals surface area contributed by atoms with Gasteiger partial charge in [0.15, 0.2) is 18.1 Å². The van der Waals surface area contributed by atoms with Crippen molar-refractivity contribution in [1.29, 1.82) is 0 Å². The predicted octanol–water partition coefficient (Wildman–Crippen LogP) is 2.01. The van der Waals surface area contributed by atoms with Crippen molar-refractivity contribution >= 4 is 23.2 Å². The van der Waals surface area contributed by atoms with E-state index < -0.39 is 0 Å². The molecule has 0 aliphatic rings. The van der Waals surface area contributed by atoms with Gasteiger partial charge in [-0.2, -0.15) is 0 Å². The fourth-order valence-corrected chi connectivity index (χ4v) is 2.20.